The van der Waals surface area contributed by atoms with Gasteiger partial charge in [0.2, 0.25) is 0 Å². The average Bonchev–Trinajstić information content (AvgIpc) is 2.86. The zero-order chi connectivity index (χ0) is 11.5. The largest absolute Gasteiger partial charge is 0.245 e. The Morgan fingerprint density at radius 3 is 2.69 bits per heavy atom. The fourth-order valence-electron chi connectivity index (χ4n) is 2.34. The third-order valence-electron chi connectivity index (χ3n) is 3.38. The molecule has 86 valence electrons. The number of aromatic nitrogens is 1. The van der Waals surface area contributed by atoms with Crippen LogP contribution in [0.4, 0.5) is 0 Å². The molecule has 1 fully saturated rings. The summed E-state index contributed by atoms with van der Waals surface area (Å²) >= 11 is 1.66. The molecule has 1 unspecified atom stereocenters. The van der Waals surface area contributed by atoms with Gasteiger partial charge >= 0.3 is 0 Å². The second-order valence-corrected chi connectivity index (χ2v) is 5.83. The predicted molar refractivity (Wildman–Crippen MR) is 66.5 cm³/mol. The third-order valence-corrected chi connectivity index (χ3v) is 4.33. The molecule has 0 bridgehead atoms. The summed E-state index contributed by atoms with van der Waals surface area (Å²) in [4.78, 5) is 4.68. The molecule has 0 aliphatic heterocycles. The summed E-state index contributed by atoms with van der Waals surface area (Å²) in [5.74, 6) is 0.990. The maximum absolute atomic E-state index is 9.14. The standard InChI is InChI=1S/C13H18N2S/c1-9(2)11(7-14)13-15-12(8-16-13)10-5-3-4-6-10/h8-11H,3-6H2,1-2H3. The first-order valence-electron chi connectivity index (χ1n) is 6.07. The van der Waals surface area contributed by atoms with Gasteiger partial charge in [-0.3, -0.25) is 0 Å². The molecule has 0 amide bonds. The van der Waals surface area contributed by atoms with Gasteiger partial charge in [0.1, 0.15) is 10.9 Å². The van der Waals surface area contributed by atoms with E-state index in [2.05, 4.69) is 30.3 Å². The number of thiazole rings is 1. The Morgan fingerprint density at radius 1 is 1.44 bits per heavy atom. The lowest BCUT2D eigenvalue weighted by molar-refractivity contribution is 0.580. The summed E-state index contributed by atoms with van der Waals surface area (Å²) in [7, 11) is 0. The number of nitrogens with zero attached hydrogens (tertiary/aromatic N) is 2. The van der Waals surface area contributed by atoms with E-state index in [0.717, 1.165) is 5.01 Å². The first-order chi connectivity index (χ1) is 7.72. The lowest BCUT2D eigenvalue weighted by atomic mass is 9.98. The molecule has 1 atom stereocenters. The summed E-state index contributed by atoms with van der Waals surface area (Å²) in [6, 6.07) is 2.37. The van der Waals surface area contributed by atoms with E-state index < -0.39 is 0 Å². The van der Waals surface area contributed by atoms with Crippen molar-refractivity contribution in [1.29, 1.82) is 5.26 Å². The smallest absolute Gasteiger partial charge is 0.110 e. The Labute approximate surface area is 101 Å². The first-order valence-corrected chi connectivity index (χ1v) is 6.95. The van der Waals surface area contributed by atoms with Crippen molar-refractivity contribution in [2.75, 3.05) is 0 Å². The van der Waals surface area contributed by atoms with Gasteiger partial charge in [-0.05, 0) is 18.8 Å². The fourth-order valence-corrected chi connectivity index (χ4v) is 3.46. The molecule has 1 aliphatic rings. The Hall–Kier alpha value is -0.880. The monoisotopic (exact) mass is 234 g/mol. The first kappa shape index (κ1) is 11.6. The number of hydrogen-bond donors (Lipinski definition) is 0. The van der Waals surface area contributed by atoms with Crippen molar-refractivity contribution >= 4 is 11.3 Å². The topological polar surface area (TPSA) is 36.7 Å². The number of rotatable bonds is 3. The minimum Gasteiger partial charge on any atom is -0.245 e. The van der Waals surface area contributed by atoms with Crippen molar-refractivity contribution in [3.8, 4) is 6.07 Å². The Kier molecular flexibility index (Phi) is 3.60. The van der Waals surface area contributed by atoms with Crippen LogP contribution in [0, 0.1) is 17.2 Å². The van der Waals surface area contributed by atoms with Crippen molar-refractivity contribution in [2.45, 2.75) is 51.4 Å². The van der Waals surface area contributed by atoms with Crippen LogP contribution in [0.2, 0.25) is 0 Å². The van der Waals surface area contributed by atoms with Gasteiger partial charge in [0.15, 0.2) is 0 Å². The van der Waals surface area contributed by atoms with Gasteiger partial charge in [-0.2, -0.15) is 5.26 Å². The average molecular weight is 234 g/mol. The minimum atomic E-state index is -0.0276. The molecule has 3 heteroatoms. The van der Waals surface area contributed by atoms with Crippen LogP contribution in [0.5, 0.6) is 0 Å². The lowest BCUT2D eigenvalue weighted by Gasteiger charge is -2.09. The molecule has 2 rings (SSSR count). The quantitative estimate of drug-likeness (QED) is 0.790. The van der Waals surface area contributed by atoms with E-state index in [0.29, 0.717) is 11.8 Å². The van der Waals surface area contributed by atoms with Gasteiger partial charge in [-0.1, -0.05) is 26.7 Å². The van der Waals surface area contributed by atoms with Crippen molar-refractivity contribution < 1.29 is 0 Å². The minimum absolute atomic E-state index is 0.0276. The Bertz CT molecular complexity index is 383. The van der Waals surface area contributed by atoms with Crippen LogP contribution in [-0.2, 0) is 0 Å². The van der Waals surface area contributed by atoms with Crippen LogP contribution >= 0.6 is 11.3 Å². The predicted octanol–water partition coefficient (Wildman–Crippen LogP) is 4.06. The molecule has 0 N–H and O–H groups in total. The highest BCUT2D eigenvalue weighted by Gasteiger charge is 2.23. The van der Waals surface area contributed by atoms with Crippen LogP contribution in [0.15, 0.2) is 5.38 Å². The van der Waals surface area contributed by atoms with Gasteiger partial charge in [-0.15, -0.1) is 11.3 Å². The highest BCUT2D eigenvalue weighted by molar-refractivity contribution is 7.09. The van der Waals surface area contributed by atoms with E-state index >= 15 is 0 Å². The summed E-state index contributed by atoms with van der Waals surface area (Å²) in [5, 5.41) is 12.3. The molecule has 1 aliphatic carbocycles. The summed E-state index contributed by atoms with van der Waals surface area (Å²) in [6.45, 7) is 4.18. The van der Waals surface area contributed by atoms with Crippen LogP contribution in [0.1, 0.15) is 62.1 Å². The Balaban J connectivity index is 2.15. The number of nitriles is 1. The van der Waals surface area contributed by atoms with Crippen LogP contribution in [0.3, 0.4) is 0 Å². The van der Waals surface area contributed by atoms with E-state index in [1.165, 1.54) is 31.4 Å². The summed E-state index contributed by atoms with van der Waals surface area (Å²) in [6.07, 6.45) is 5.23. The van der Waals surface area contributed by atoms with E-state index in [1.54, 1.807) is 11.3 Å². The van der Waals surface area contributed by atoms with Gasteiger partial charge < -0.3 is 0 Å². The zero-order valence-corrected chi connectivity index (χ0v) is 10.8. The van der Waals surface area contributed by atoms with Gasteiger partial charge in [-0.25, -0.2) is 4.98 Å². The van der Waals surface area contributed by atoms with Crippen molar-refractivity contribution in [3.63, 3.8) is 0 Å². The van der Waals surface area contributed by atoms with E-state index in [1.807, 2.05) is 0 Å². The SMILES string of the molecule is CC(C)C(C#N)c1nc(C2CCCC2)cs1. The third kappa shape index (κ3) is 2.27. The lowest BCUT2D eigenvalue weighted by Crippen LogP contribution is -2.04. The highest BCUT2D eigenvalue weighted by Crippen LogP contribution is 2.36. The summed E-state index contributed by atoms with van der Waals surface area (Å²) < 4.78 is 0. The maximum atomic E-state index is 9.14. The van der Waals surface area contributed by atoms with Crippen LogP contribution < -0.4 is 0 Å². The van der Waals surface area contributed by atoms with E-state index in [-0.39, 0.29) is 5.92 Å². The molecular weight excluding hydrogens is 216 g/mol. The molecule has 0 radical (unpaired) electrons. The second kappa shape index (κ2) is 4.97. The van der Waals surface area contributed by atoms with E-state index in [9.17, 15) is 0 Å². The molecular formula is C13H18N2S. The number of hydrogen-bond acceptors (Lipinski definition) is 3. The van der Waals surface area contributed by atoms with E-state index in [4.69, 9.17) is 5.26 Å². The Morgan fingerprint density at radius 2 is 2.12 bits per heavy atom. The maximum Gasteiger partial charge on any atom is 0.110 e. The molecule has 0 spiro atoms. The molecule has 1 aromatic heterocycles. The second-order valence-electron chi connectivity index (χ2n) is 4.94. The molecule has 2 nitrogen and oxygen atoms in total. The molecule has 16 heavy (non-hydrogen) atoms. The molecule has 0 saturated heterocycles. The molecule has 1 aromatic rings. The zero-order valence-electron chi connectivity index (χ0n) is 9.94. The van der Waals surface area contributed by atoms with Gasteiger partial charge in [0, 0.05) is 11.3 Å². The van der Waals surface area contributed by atoms with Crippen molar-refractivity contribution in [1.82, 2.24) is 4.98 Å². The molecule has 1 heterocycles. The molecule has 1 saturated carbocycles. The molecule has 0 aromatic carbocycles. The van der Waals surface area contributed by atoms with Gasteiger partial charge in [0.25, 0.3) is 0 Å². The van der Waals surface area contributed by atoms with Crippen LogP contribution in [-0.4, -0.2) is 4.98 Å². The van der Waals surface area contributed by atoms with Crippen molar-refractivity contribution in [3.05, 3.63) is 16.1 Å². The van der Waals surface area contributed by atoms with Crippen molar-refractivity contribution in [2.24, 2.45) is 5.92 Å². The summed E-state index contributed by atoms with van der Waals surface area (Å²) in [5.41, 5.74) is 1.23. The normalized spacial score (nSPS) is 18.9. The highest BCUT2D eigenvalue weighted by atomic mass is 32.1. The fraction of sp³-hybridized carbons (Fsp3) is 0.692. The van der Waals surface area contributed by atoms with Gasteiger partial charge in [0.05, 0.1) is 11.8 Å². The van der Waals surface area contributed by atoms with Crippen LogP contribution in [0.25, 0.3) is 0 Å².